The van der Waals surface area contributed by atoms with Crippen LogP contribution in [0, 0.1) is 5.92 Å². The molecule has 1 heterocycles. The second-order valence-electron chi connectivity index (χ2n) is 5.07. The fourth-order valence-electron chi connectivity index (χ4n) is 2.32. The van der Waals surface area contributed by atoms with Crippen LogP contribution in [0.2, 0.25) is 0 Å². The highest BCUT2D eigenvalue weighted by atomic mass is 32.2. The zero-order valence-electron chi connectivity index (χ0n) is 12.2. The number of carbonyl (C=O) groups is 1. The Morgan fingerprint density at radius 2 is 2.20 bits per heavy atom. The van der Waals surface area contributed by atoms with Crippen molar-refractivity contribution in [2.45, 2.75) is 26.3 Å². The summed E-state index contributed by atoms with van der Waals surface area (Å²) in [5.41, 5.74) is 5.61. The molecule has 0 aliphatic carbocycles. The third-order valence-corrected chi connectivity index (χ3v) is 4.75. The fourth-order valence-corrected chi connectivity index (χ4v) is 3.14. The predicted octanol–water partition coefficient (Wildman–Crippen LogP) is -0.862. The van der Waals surface area contributed by atoms with Gasteiger partial charge in [-0.05, 0) is 32.7 Å². The van der Waals surface area contributed by atoms with Crippen molar-refractivity contribution in [3.63, 3.8) is 0 Å². The molecule has 0 aromatic heterocycles. The number of amides is 1. The number of sulfonamides is 1. The molecule has 0 spiro atoms. The summed E-state index contributed by atoms with van der Waals surface area (Å²) in [4.78, 5) is 13.7. The molecule has 1 saturated heterocycles. The summed E-state index contributed by atoms with van der Waals surface area (Å²) in [6.07, 6.45) is 0.874. The molecule has 0 aromatic rings. The smallest absolute Gasteiger partial charge is 0.237 e. The molecule has 1 amide bonds. The first-order valence-corrected chi connectivity index (χ1v) is 8.59. The number of hydrogen-bond donors (Lipinski definition) is 2. The molecule has 20 heavy (non-hydrogen) atoms. The number of carbonyl (C=O) groups excluding carboxylic acids is 1. The van der Waals surface area contributed by atoms with Crippen molar-refractivity contribution in [3.8, 4) is 0 Å². The Morgan fingerprint density at radius 3 is 2.75 bits per heavy atom. The molecule has 0 saturated carbocycles. The van der Waals surface area contributed by atoms with Crippen molar-refractivity contribution in [2.75, 3.05) is 38.6 Å². The van der Waals surface area contributed by atoms with Gasteiger partial charge in [0.1, 0.15) is 0 Å². The van der Waals surface area contributed by atoms with Gasteiger partial charge in [-0.25, -0.2) is 13.1 Å². The van der Waals surface area contributed by atoms with E-state index in [1.807, 2.05) is 6.92 Å². The van der Waals surface area contributed by atoms with E-state index in [0.29, 0.717) is 25.6 Å². The maximum absolute atomic E-state index is 12.0. The average Bonchev–Trinajstić information content (AvgIpc) is 2.78. The van der Waals surface area contributed by atoms with Gasteiger partial charge >= 0.3 is 0 Å². The van der Waals surface area contributed by atoms with Crippen molar-refractivity contribution in [3.05, 3.63) is 0 Å². The summed E-state index contributed by atoms with van der Waals surface area (Å²) in [6.45, 7) is 5.32. The number of nitrogens with zero attached hydrogens (tertiary/aromatic N) is 1. The first kappa shape index (κ1) is 17.4. The molecule has 0 aromatic carbocycles. The van der Waals surface area contributed by atoms with Crippen molar-refractivity contribution in [1.29, 1.82) is 0 Å². The molecule has 2 unspecified atom stereocenters. The quantitative estimate of drug-likeness (QED) is 0.568. The first-order valence-electron chi connectivity index (χ1n) is 6.94. The van der Waals surface area contributed by atoms with E-state index in [2.05, 4.69) is 4.72 Å². The minimum atomic E-state index is -3.46. The largest absolute Gasteiger partial charge is 0.381 e. The molecule has 0 radical (unpaired) electrons. The van der Waals surface area contributed by atoms with E-state index in [9.17, 15) is 13.2 Å². The van der Waals surface area contributed by atoms with Gasteiger partial charge in [0.25, 0.3) is 0 Å². The molecule has 2 atom stereocenters. The van der Waals surface area contributed by atoms with Crippen LogP contribution in [-0.4, -0.2) is 63.9 Å². The molecule has 1 fully saturated rings. The van der Waals surface area contributed by atoms with Gasteiger partial charge in [0, 0.05) is 19.2 Å². The van der Waals surface area contributed by atoms with Gasteiger partial charge in [0.05, 0.1) is 18.9 Å². The van der Waals surface area contributed by atoms with Crippen molar-refractivity contribution < 1.29 is 17.9 Å². The summed E-state index contributed by atoms with van der Waals surface area (Å²) in [5, 5.41) is 0. The van der Waals surface area contributed by atoms with Crippen LogP contribution in [0.4, 0.5) is 0 Å². The van der Waals surface area contributed by atoms with E-state index in [1.165, 1.54) is 0 Å². The zero-order valence-corrected chi connectivity index (χ0v) is 13.0. The summed E-state index contributed by atoms with van der Waals surface area (Å²) < 4.78 is 30.6. The Morgan fingerprint density at radius 1 is 1.50 bits per heavy atom. The normalized spacial score (nSPS) is 23.2. The standard InChI is InChI=1S/C12H25N3O4S/c1-3-19-4-5-20(17,18)14-8-12(16)15-9-11(7-13)6-10(15)2/h10-11,14H,3-9,13H2,1-2H3. The number of likely N-dealkylation sites (tertiary alicyclic amines) is 1. The number of rotatable bonds is 8. The number of nitrogens with two attached hydrogens (primary N) is 1. The van der Waals surface area contributed by atoms with Gasteiger partial charge in [0.2, 0.25) is 15.9 Å². The van der Waals surface area contributed by atoms with Crippen LogP contribution < -0.4 is 10.5 Å². The number of nitrogens with one attached hydrogen (secondary N) is 1. The minimum Gasteiger partial charge on any atom is -0.381 e. The van der Waals surface area contributed by atoms with Crippen LogP contribution in [0.25, 0.3) is 0 Å². The summed E-state index contributed by atoms with van der Waals surface area (Å²) in [7, 11) is -3.46. The van der Waals surface area contributed by atoms with E-state index >= 15 is 0 Å². The Hall–Kier alpha value is -0.700. The highest BCUT2D eigenvalue weighted by molar-refractivity contribution is 7.89. The molecule has 118 valence electrons. The van der Waals surface area contributed by atoms with Crippen LogP contribution in [0.3, 0.4) is 0 Å². The first-order chi connectivity index (χ1) is 9.39. The topological polar surface area (TPSA) is 102 Å². The van der Waals surface area contributed by atoms with E-state index in [0.717, 1.165) is 6.42 Å². The van der Waals surface area contributed by atoms with E-state index in [-0.39, 0.29) is 30.9 Å². The van der Waals surface area contributed by atoms with E-state index in [1.54, 1.807) is 11.8 Å². The third kappa shape index (κ3) is 5.35. The molecule has 8 heteroatoms. The molecule has 1 rings (SSSR count). The molecule has 0 bridgehead atoms. The molecule has 1 aliphatic rings. The van der Waals surface area contributed by atoms with Crippen molar-refractivity contribution >= 4 is 15.9 Å². The van der Waals surface area contributed by atoms with Crippen LogP contribution in [0.5, 0.6) is 0 Å². The van der Waals surface area contributed by atoms with Crippen LogP contribution >= 0.6 is 0 Å². The molecular formula is C12H25N3O4S. The molecule has 3 N–H and O–H groups in total. The lowest BCUT2D eigenvalue weighted by molar-refractivity contribution is -0.130. The van der Waals surface area contributed by atoms with Gasteiger partial charge in [-0.15, -0.1) is 0 Å². The average molecular weight is 307 g/mol. The summed E-state index contributed by atoms with van der Waals surface area (Å²) >= 11 is 0. The molecule has 1 aliphatic heterocycles. The highest BCUT2D eigenvalue weighted by Crippen LogP contribution is 2.21. The second kappa shape index (κ2) is 7.92. The van der Waals surface area contributed by atoms with Gasteiger partial charge in [-0.3, -0.25) is 4.79 Å². The van der Waals surface area contributed by atoms with Gasteiger partial charge < -0.3 is 15.4 Å². The Labute approximate surface area is 120 Å². The van der Waals surface area contributed by atoms with Crippen molar-refractivity contribution in [2.24, 2.45) is 11.7 Å². The Balaban J connectivity index is 2.39. The molecular weight excluding hydrogens is 282 g/mol. The SMILES string of the molecule is CCOCCS(=O)(=O)NCC(=O)N1CC(CN)CC1C. The van der Waals surface area contributed by atoms with Crippen LogP contribution in [0.15, 0.2) is 0 Å². The Kier molecular flexibility index (Phi) is 6.87. The fraction of sp³-hybridized carbons (Fsp3) is 0.917. The van der Waals surface area contributed by atoms with E-state index in [4.69, 9.17) is 10.5 Å². The summed E-state index contributed by atoms with van der Waals surface area (Å²) in [5.74, 6) is -0.0216. The van der Waals surface area contributed by atoms with Gasteiger partial charge in [-0.1, -0.05) is 0 Å². The lowest BCUT2D eigenvalue weighted by atomic mass is 10.1. The minimum absolute atomic E-state index is 0.115. The summed E-state index contributed by atoms with van der Waals surface area (Å²) in [6, 6.07) is 0.115. The zero-order chi connectivity index (χ0) is 15.2. The third-order valence-electron chi connectivity index (χ3n) is 3.46. The lowest BCUT2D eigenvalue weighted by Crippen LogP contribution is -2.42. The molecule has 7 nitrogen and oxygen atoms in total. The van der Waals surface area contributed by atoms with Crippen LogP contribution in [-0.2, 0) is 19.6 Å². The maximum atomic E-state index is 12.0. The Bertz CT molecular complexity index is 413. The van der Waals surface area contributed by atoms with Crippen molar-refractivity contribution in [1.82, 2.24) is 9.62 Å². The van der Waals surface area contributed by atoms with Crippen LogP contribution in [0.1, 0.15) is 20.3 Å². The highest BCUT2D eigenvalue weighted by Gasteiger charge is 2.31. The number of ether oxygens (including phenoxy) is 1. The van der Waals surface area contributed by atoms with E-state index < -0.39 is 10.0 Å². The second-order valence-corrected chi connectivity index (χ2v) is 7.00. The predicted molar refractivity (Wildman–Crippen MR) is 76.6 cm³/mol. The maximum Gasteiger partial charge on any atom is 0.237 e. The monoisotopic (exact) mass is 307 g/mol. The number of hydrogen-bond acceptors (Lipinski definition) is 5. The van der Waals surface area contributed by atoms with Gasteiger partial charge in [-0.2, -0.15) is 0 Å². The lowest BCUT2D eigenvalue weighted by Gasteiger charge is -2.21. The van der Waals surface area contributed by atoms with Gasteiger partial charge in [0.15, 0.2) is 0 Å².